The van der Waals surface area contributed by atoms with Gasteiger partial charge in [0.25, 0.3) is 5.69 Å². The molecule has 0 radical (unpaired) electrons. The first-order valence-corrected chi connectivity index (χ1v) is 5.20. The minimum absolute atomic E-state index is 0.0265. The molecule has 1 aromatic carbocycles. The van der Waals surface area contributed by atoms with Crippen LogP contribution in [0, 0.1) is 16.0 Å². The van der Waals surface area contributed by atoms with Gasteiger partial charge in [0.05, 0.1) is 4.92 Å². The molecular weight excluding hydrogens is 232 g/mol. The van der Waals surface area contributed by atoms with Gasteiger partial charge in [-0.2, -0.15) is 0 Å². The molecule has 1 fully saturated rings. The second-order valence-corrected chi connectivity index (χ2v) is 4.09. The predicted octanol–water partition coefficient (Wildman–Crippen LogP) is 2.60. The normalized spacial score (nSPS) is 14.6. The molecule has 0 unspecified atom stereocenters. The summed E-state index contributed by atoms with van der Waals surface area (Å²) in [6.45, 7) is 0. The van der Waals surface area contributed by atoms with Crippen molar-refractivity contribution in [2.24, 2.45) is 5.92 Å². The van der Waals surface area contributed by atoms with Crippen LogP contribution in [0.25, 0.3) is 0 Å². The van der Waals surface area contributed by atoms with Crippen LogP contribution in [0.2, 0.25) is 5.02 Å². The fraction of sp³-hybridized carbons (Fsp3) is 0.300. The Bertz CT molecular complexity index is 457. The number of nitro benzene ring substituents is 1. The van der Waals surface area contributed by atoms with E-state index < -0.39 is 4.92 Å². The molecule has 1 saturated carbocycles. The van der Waals surface area contributed by atoms with Crippen LogP contribution in [-0.4, -0.2) is 10.8 Å². The van der Waals surface area contributed by atoms with Crippen molar-refractivity contribution >= 4 is 28.9 Å². The molecule has 1 aromatic rings. The van der Waals surface area contributed by atoms with E-state index in [-0.39, 0.29) is 22.5 Å². The summed E-state index contributed by atoms with van der Waals surface area (Å²) in [5.74, 6) is 0.0406. The standard InChI is InChI=1S/C10H9ClN2O3/c11-8-5-7(3-4-9(8)13(15)16)12-10(14)6-1-2-6/h3-6H,1-2H2,(H,12,14). The predicted molar refractivity (Wildman–Crippen MR) is 59.5 cm³/mol. The lowest BCUT2D eigenvalue weighted by molar-refractivity contribution is -0.384. The Hall–Kier alpha value is -1.62. The molecule has 0 heterocycles. The van der Waals surface area contributed by atoms with Gasteiger partial charge < -0.3 is 5.32 Å². The van der Waals surface area contributed by atoms with Gasteiger partial charge >= 0.3 is 0 Å². The second kappa shape index (κ2) is 4.09. The van der Waals surface area contributed by atoms with Crippen molar-refractivity contribution < 1.29 is 9.72 Å². The van der Waals surface area contributed by atoms with Gasteiger partial charge in [0.1, 0.15) is 5.02 Å². The van der Waals surface area contributed by atoms with Crippen molar-refractivity contribution in [3.05, 3.63) is 33.3 Å². The maximum absolute atomic E-state index is 11.4. The number of anilines is 1. The van der Waals surface area contributed by atoms with Crippen LogP contribution in [-0.2, 0) is 4.79 Å². The van der Waals surface area contributed by atoms with Crippen LogP contribution in [0.1, 0.15) is 12.8 Å². The lowest BCUT2D eigenvalue weighted by Crippen LogP contribution is -2.13. The Labute approximate surface area is 96.6 Å². The third-order valence-corrected chi connectivity index (χ3v) is 2.66. The maximum atomic E-state index is 11.4. The largest absolute Gasteiger partial charge is 0.326 e. The number of benzene rings is 1. The van der Waals surface area contributed by atoms with Crippen LogP contribution in [0.3, 0.4) is 0 Å². The van der Waals surface area contributed by atoms with Crippen molar-refractivity contribution in [2.45, 2.75) is 12.8 Å². The summed E-state index contributed by atoms with van der Waals surface area (Å²) >= 11 is 5.71. The second-order valence-electron chi connectivity index (χ2n) is 3.69. The van der Waals surface area contributed by atoms with E-state index in [9.17, 15) is 14.9 Å². The lowest BCUT2D eigenvalue weighted by Gasteiger charge is -2.04. The average molecular weight is 241 g/mol. The molecular formula is C10H9ClN2O3. The van der Waals surface area contributed by atoms with Crippen molar-refractivity contribution in [1.82, 2.24) is 0 Å². The number of hydrogen-bond donors (Lipinski definition) is 1. The highest BCUT2D eigenvalue weighted by Crippen LogP contribution is 2.31. The van der Waals surface area contributed by atoms with Gasteiger partial charge in [-0.05, 0) is 25.0 Å². The topological polar surface area (TPSA) is 72.2 Å². The first-order chi connectivity index (χ1) is 7.58. The summed E-state index contributed by atoms with van der Waals surface area (Å²) in [5, 5.41) is 13.2. The van der Waals surface area contributed by atoms with E-state index in [2.05, 4.69) is 5.32 Å². The number of carbonyl (C=O) groups excluding carboxylic acids is 1. The monoisotopic (exact) mass is 240 g/mol. The average Bonchev–Trinajstić information content (AvgIpc) is 2.99. The smallest absolute Gasteiger partial charge is 0.288 e. The number of nitro groups is 1. The molecule has 2 rings (SSSR count). The van der Waals surface area contributed by atoms with Gasteiger partial charge in [-0.15, -0.1) is 0 Å². The van der Waals surface area contributed by atoms with E-state index in [1.54, 1.807) is 0 Å². The quantitative estimate of drug-likeness (QED) is 0.652. The zero-order valence-corrected chi connectivity index (χ0v) is 9.03. The molecule has 6 heteroatoms. The van der Waals surface area contributed by atoms with Crippen LogP contribution in [0.5, 0.6) is 0 Å². The number of rotatable bonds is 3. The van der Waals surface area contributed by atoms with Gasteiger partial charge in [-0.25, -0.2) is 0 Å². The number of hydrogen-bond acceptors (Lipinski definition) is 3. The molecule has 0 bridgehead atoms. The van der Waals surface area contributed by atoms with Gasteiger partial charge in [0.2, 0.25) is 5.91 Å². The van der Waals surface area contributed by atoms with E-state index in [0.29, 0.717) is 5.69 Å². The summed E-state index contributed by atoms with van der Waals surface area (Å²) in [6.07, 6.45) is 1.82. The third-order valence-electron chi connectivity index (χ3n) is 2.36. The highest BCUT2D eigenvalue weighted by molar-refractivity contribution is 6.33. The molecule has 1 amide bonds. The molecule has 0 saturated heterocycles. The molecule has 1 aliphatic carbocycles. The minimum atomic E-state index is -0.561. The van der Waals surface area contributed by atoms with Crippen LogP contribution in [0.15, 0.2) is 18.2 Å². The number of nitrogens with zero attached hydrogens (tertiary/aromatic N) is 1. The summed E-state index contributed by atoms with van der Waals surface area (Å²) in [4.78, 5) is 21.4. The van der Waals surface area contributed by atoms with Crippen molar-refractivity contribution in [2.75, 3.05) is 5.32 Å². The third kappa shape index (κ3) is 2.30. The van der Waals surface area contributed by atoms with Crippen LogP contribution in [0.4, 0.5) is 11.4 Å². The number of carbonyl (C=O) groups is 1. The van der Waals surface area contributed by atoms with Gasteiger partial charge in [-0.1, -0.05) is 11.6 Å². The Morgan fingerprint density at radius 1 is 1.50 bits per heavy atom. The summed E-state index contributed by atoms with van der Waals surface area (Å²) in [5.41, 5.74) is 0.332. The summed E-state index contributed by atoms with van der Waals surface area (Å²) in [7, 11) is 0. The van der Waals surface area contributed by atoms with Crippen LogP contribution < -0.4 is 5.32 Å². The van der Waals surface area contributed by atoms with Crippen molar-refractivity contribution in [1.29, 1.82) is 0 Å². The first-order valence-electron chi connectivity index (χ1n) is 4.83. The van der Waals surface area contributed by atoms with E-state index in [4.69, 9.17) is 11.6 Å². The van der Waals surface area contributed by atoms with E-state index in [1.807, 2.05) is 0 Å². The number of nitrogens with one attached hydrogen (secondary N) is 1. The van der Waals surface area contributed by atoms with Crippen molar-refractivity contribution in [3.63, 3.8) is 0 Å². The highest BCUT2D eigenvalue weighted by Gasteiger charge is 2.29. The van der Waals surface area contributed by atoms with Crippen LogP contribution >= 0.6 is 11.6 Å². The summed E-state index contributed by atoms with van der Waals surface area (Å²) < 4.78 is 0. The first kappa shape index (κ1) is 10.9. The molecule has 0 aromatic heterocycles. The van der Waals surface area contributed by atoms with E-state index in [0.717, 1.165) is 12.8 Å². The van der Waals surface area contributed by atoms with E-state index >= 15 is 0 Å². The molecule has 1 N–H and O–H groups in total. The minimum Gasteiger partial charge on any atom is -0.326 e. The van der Waals surface area contributed by atoms with Gasteiger partial charge in [0, 0.05) is 17.7 Å². The molecule has 5 nitrogen and oxygen atoms in total. The Kier molecular flexibility index (Phi) is 2.78. The molecule has 16 heavy (non-hydrogen) atoms. The van der Waals surface area contributed by atoms with E-state index in [1.165, 1.54) is 18.2 Å². The molecule has 0 aliphatic heterocycles. The Balaban J connectivity index is 2.14. The number of halogens is 1. The molecule has 0 spiro atoms. The molecule has 84 valence electrons. The Morgan fingerprint density at radius 3 is 2.69 bits per heavy atom. The zero-order valence-electron chi connectivity index (χ0n) is 8.27. The lowest BCUT2D eigenvalue weighted by atomic mass is 10.2. The molecule has 0 atom stereocenters. The summed E-state index contributed by atoms with van der Waals surface area (Å²) in [6, 6.07) is 4.15. The molecule has 1 aliphatic rings. The van der Waals surface area contributed by atoms with Gasteiger partial charge in [-0.3, -0.25) is 14.9 Å². The van der Waals surface area contributed by atoms with Gasteiger partial charge in [0.15, 0.2) is 0 Å². The fourth-order valence-corrected chi connectivity index (χ4v) is 1.57. The maximum Gasteiger partial charge on any atom is 0.288 e. The highest BCUT2D eigenvalue weighted by atomic mass is 35.5. The SMILES string of the molecule is O=C(Nc1ccc([N+](=O)[O-])c(Cl)c1)C1CC1. The number of amides is 1. The zero-order chi connectivity index (χ0) is 11.7. The van der Waals surface area contributed by atoms with Crippen molar-refractivity contribution in [3.8, 4) is 0 Å². The fourth-order valence-electron chi connectivity index (χ4n) is 1.32. The Morgan fingerprint density at radius 2 is 2.19 bits per heavy atom.